The minimum atomic E-state index is -2.58. The third-order valence-corrected chi connectivity index (χ3v) is 5.16. The molecule has 0 radical (unpaired) electrons. The zero-order valence-electron chi connectivity index (χ0n) is 16.3. The summed E-state index contributed by atoms with van der Waals surface area (Å²) in [5, 5.41) is 31.4. The summed E-state index contributed by atoms with van der Waals surface area (Å²) in [5.74, 6) is 0.700. The third kappa shape index (κ3) is 4.29. The van der Waals surface area contributed by atoms with Crippen LogP contribution in [0.15, 0.2) is 36.7 Å². The van der Waals surface area contributed by atoms with Crippen LogP contribution in [0, 0.1) is 6.92 Å². The molecule has 0 bridgehead atoms. The van der Waals surface area contributed by atoms with E-state index in [4.69, 9.17) is 0 Å². The molecule has 3 aromatic heterocycles. The highest BCUT2D eigenvalue weighted by molar-refractivity contribution is 5.61. The van der Waals surface area contributed by atoms with Crippen LogP contribution in [0.4, 0.5) is 20.4 Å². The quantitative estimate of drug-likeness (QED) is 0.586. The molecular formula is C20H22F2N6O2. The van der Waals surface area contributed by atoms with Gasteiger partial charge in [0.2, 0.25) is 0 Å². The van der Waals surface area contributed by atoms with E-state index >= 15 is 0 Å². The van der Waals surface area contributed by atoms with Crippen molar-refractivity contribution in [2.45, 2.75) is 50.9 Å². The lowest BCUT2D eigenvalue weighted by Crippen LogP contribution is -2.38. The van der Waals surface area contributed by atoms with Gasteiger partial charge in [-0.15, -0.1) is 5.10 Å². The maximum Gasteiger partial charge on any atom is 0.264 e. The zero-order valence-corrected chi connectivity index (χ0v) is 16.3. The van der Waals surface area contributed by atoms with Crippen molar-refractivity contribution in [3.8, 4) is 11.4 Å². The Kier molecular flexibility index (Phi) is 5.69. The first-order chi connectivity index (χ1) is 14.4. The molecule has 1 saturated carbocycles. The fraction of sp³-hybridized carbons (Fsp3) is 0.400. The second-order valence-corrected chi connectivity index (χ2v) is 7.46. The van der Waals surface area contributed by atoms with E-state index in [-0.39, 0.29) is 17.4 Å². The van der Waals surface area contributed by atoms with Gasteiger partial charge < -0.3 is 15.5 Å². The van der Waals surface area contributed by atoms with Crippen LogP contribution >= 0.6 is 0 Å². The summed E-state index contributed by atoms with van der Waals surface area (Å²) >= 11 is 0. The topological polar surface area (TPSA) is 109 Å². The third-order valence-electron chi connectivity index (χ3n) is 5.16. The Bertz CT molecular complexity index is 1030. The highest BCUT2D eigenvalue weighted by Gasteiger charge is 2.32. The molecule has 4 rings (SSSR count). The Morgan fingerprint density at radius 3 is 2.77 bits per heavy atom. The minimum Gasteiger partial charge on any atom is -0.390 e. The van der Waals surface area contributed by atoms with Crippen LogP contribution < -0.4 is 5.32 Å². The number of rotatable bonds is 5. The first-order valence-electron chi connectivity index (χ1n) is 9.69. The number of hydrogen-bond donors (Lipinski definition) is 3. The van der Waals surface area contributed by atoms with Crippen molar-refractivity contribution in [3.63, 3.8) is 0 Å². The predicted octanol–water partition coefficient (Wildman–Crippen LogP) is 3.17. The molecule has 1 aliphatic carbocycles. The van der Waals surface area contributed by atoms with Crippen molar-refractivity contribution < 1.29 is 19.0 Å². The van der Waals surface area contributed by atoms with Crippen LogP contribution in [-0.2, 0) is 0 Å². The van der Waals surface area contributed by atoms with Gasteiger partial charge in [-0.3, -0.25) is 0 Å². The van der Waals surface area contributed by atoms with Crippen LogP contribution in [0.25, 0.3) is 11.4 Å². The Hall–Kier alpha value is -2.98. The fourth-order valence-corrected chi connectivity index (χ4v) is 3.62. The summed E-state index contributed by atoms with van der Waals surface area (Å²) < 4.78 is 27.4. The molecule has 3 atom stereocenters. The Morgan fingerprint density at radius 2 is 1.97 bits per heavy atom. The van der Waals surface area contributed by atoms with Gasteiger partial charge in [0, 0.05) is 11.8 Å². The van der Waals surface area contributed by atoms with Gasteiger partial charge in [0.05, 0.1) is 24.0 Å². The van der Waals surface area contributed by atoms with E-state index in [1.807, 2.05) is 13.0 Å². The summed E-state index contributed by atoms with van der Waals surface area (Å²) in [4.78, 5) is 8.56. The Labute approximate surface area is 171 Å². The maximum absolute atomic E-state index is 12.9. The van der Waals surface area contributed by atoms with Gasteiger partial charge >= 0.3 is 0 Å². The number of anilines is 2. The van der Waals surface area contributed by atoms with Gasteiger partial charge in [-0.2, -0.15) is 0 Å². The monoisotopic (exact) mass is 416 g/mol. The molecule has 3 aromatic rings. The number of halogens is 2. The lowest BCUT2D eigenvalue weighted by atomic mass is 9.90. The zero-order chi connectivity index (χ0) is 21.3. The number of aliphatic hydroxyl groups excluding tert-OH is 2. The molecule has 158 valence electrons. The van der Waals surface area contributed by atoms with Gasteiger partial charge in [0.15, 0.2) is 0 Å². The SMILES string of the molecule is Cc1cc(Nc2cc(C(F)F)ccn2)nc(-c2cn(C3CCCC(O)[C@H]3O)nn2)c1. The van der Waals surface area contributed by atoms with E-state index in [9.17, 15) is 19.0 Å². The van der Waals surface area contributed by atoms with E-state index in [1.54, 1.807) is 16.9 Å². The van der Waals surface area contributed by atoms with Crippen molar-refractivity contribution in [2.75, 3.05) is 5.32 Å². The number of pyridine rings is 2. The minimum absolute atomic E-state index is 0.128. The van der Waals surface area contributed by atoms with Gasteiger partial charge in [0.25, 0.3) is 6.43 Å². The summed E-state index contributed by atoms with van der Waals surface area (Å²) in [5.41, 5.74) is 1.80. The number of aromatic nitrogens is 5. The Morgan fingerprint density at radius 1 is 1.13 bits per heavy atom. The van der Waals surface area contributed by atoms with E-state index in [1.165, 1.54) is 18.3 Å². The largest absolute Gasteiger partial charge is 0.390 e. The van der Waals surface area contributed by atoms with E-state index in [0.29, 0.717) is 30.0 Å². The lowest BCUT2D eigenvalue weighted by Gasteiger charge is -2.31. The summed E-state index contributed by atoms with van der Waals surface area (Å²) in [7, 11) is 0. The highest BCUT2D eigenvalue weighted by Crippen LogP contribution is 2.30. The number of nitrogens with one attached hydrogen (secondary N) is 1. The standard InChI is InChI=1S/C20H22F2N6O2/c1-11-7-13(14-10-28(27-26-14)15-3-2-4-16(29)19(15)30)24-18(8-11)25-17-9-12(20(21)22)5-6-23-17/h5-10,15-16,19-20,29-30H,2-4H2,1H3,(H,23,24,25)/t15?,16?,19-/m0/s1. The van der Waals surface area contributed by atoms with Crippen molar-refractivity contribution in [3.05, 3.63) is 47.8 Å². The average molecular weight is 416 g/mol. The second kappa shape index (κ2) is 8.41. The number of aliphatic hydroxyl groups is 2. The fourth-order valence-electron chi connectivity index (χ4n) is 3.62. The number of hydrogen-bond acceptors (Lipinski definition) is 7. The van der Waals surface area contributed by atoms with Crippen LogP contribution in [-0.4, -0.2) is 47.4 Å². The molecule has 1 fully saturated rings. The van der Waals surface area contributed by atoms with Crippen molar-refractivity contribution in [2.24, 2.45) is 0 Å². The van der Waals surface area contributed by atoms with Gasteiger partial charge in [-0.1, -0.05) is 5.21 Å². The number of nitrogens with zero attached hydrogens (tertiary/aromatic N) is 5. The number of alkyl halides is 2. The first kappa shape index (κ1) is 20.3. The molecule has 10 heteroatoms. The summed E-state index contributed by atoms with van der Waals surface area (Å²) in [6, 6.07) is 5.79. The van der Waals surface area contributed by atoms with Crippen molar-refractivity contribution in [1.82, 2.24) is 25.0 Å². The lowest BCUT2D eigenvalue weighted by molar-refractivity contribution is -0.0429. The normalized spacial score (nSPS) is 21.7. The smallest absolute Gasteiger partial charge is 0.264 e. The molecule has 0 spiro atoms. The van der Waals surface area contributed by atoms with E-state index in [0.717, 1.165) is 12.0 Å². The molecule has 0 aliphatic heterocycles. The van der Waals surface area contributed by atoms with Gasteiger partial charge in [0.1, 0.15) is 23.4 Å². The second-order valence-electron chi connectivity index (χ2n) is 7.46. The number of aryl methyl sites for hydroxylation is 1. The molecule has 2 unspecified atom stereocenters. The molecule has 0 saturated heterocycles. The molecule has 3 heterocycles. The first-order valence-corrected chi connectivity index (χ1v) is 9.69. The maximum atomic E-state index is 12.9. The molecule has 8 nitrogen and oxygen atoms in total. The molecule has 0 aromatic carbocycles. The predicted molar refractivity (Wildman–Crippen MR) is 105 cm³/mol. The van der Waals surface area contributed by atoms with Crippen LogP contribution in [0.5, 0.6) is 0 Å². The Balaban J connectivity index is 1.58. The summed E-state index contributed by atoms with van der Waals surface area (Å²) in [6.45, 7) is 1.88. The van der Waals surface area contributed by atoms with Crippen LogP contribution in [0.2, 0.25) is 0 Å². The van der Waals surface area contributed by atoms with Crippen LogP contribution in [0.3, 0.4) is 0 Å². The van der Waals surface area contributed by atoms with Gasteiger partial charge in [-0.25, -0.2) is 23.4 Å². The average Bonchev–Trinajstić information content (AvgIpc) is 3.20. The molecule has 0 amide bonds. The highest BCUT2D eigenvalue weighted by atomic mass is 19.3. The molecule has 30 heavy (non-hydrogen) atoms. The van der Waals surface area contributed by atoms with Crippen LogP contribution in [0.1, 0.15) is 42.9 Å². The van der Waals surface area contributed by atoms with Crippen molar-refractivity contribution in [1.29, 1.82) is 0 Å². The van der Waals surface area contributed by atoms with E-state index < -0.39 is 18.6 Å². The van der Waals surface area contributed by atoms with Crippen molar-refractivity contribution >= 4 is 11.6 Å². The molecule has 3 N–H and O–H groups in total. The van der Waals surface area contributed by atoms with Gasteiger partial charge in [-0.05, 0) is 56.0 Å². The molecular weight excluding hydrogens is 394 g/mol. The summed E-state index contributed by atoms with van der Waals surface area (Å²) in [6.07, 6.45) is 0.793. The van der Waals surface area contributed by atoms with E-state index in [2.05, 4.69) is 25.6 Å². The molecule has 1 aliphatic rings.